The van der Waals surface area contributed by atoms with Crippen LogP contribution in [0, 0.1) is 0 Å². The van der Waals surface area contributed by atoms with Gasteiger partial charge in [0, 0.05) is 0 Å². The lowest BCUT2D eigenvalue weighted by Gasteiger charge is -2.11. The third-order valence-electron chi connectivity index (χ3n) is 2.43. The summed E-state index contributed by atoms with van der Waals surface area (Å²) >= 11 is 0. The van der Waals surface area contributed by atoms with E-state index in [-0.39, 0.29) is 16.9 Å². The number of rotatable bonds is 3. The molecule has 1 aromatic carbocycles. The lowest BCUT2D eigenvalue weighted by molar-refractivity contribution is 0.0601. The Hall–Kier alpha value is -1.33. The third kappa shape index (κ3) is 2.62. The second-order valence-electron chi connectivity index (χ2n) is 3.87. The number of esters is 1. The van der Waals surface area contributed by atoms with Crippen LogP contribution in [0.25, 0.3) is 0 Å². The molecule has 0 amide bonds. The summed E-state index contributed by atoms with van der Waals surface area (Å²) in [6.07, 6.45) is 0. The van der Waals surface area contributed by atoms with Crippen LogP contribution in [-0.4, -0.2) is 30.2 Å². The van der Waals surface area contributed by atoms with Crippen molar-refractivity contribution in [3.8, 4) is 0 Å². The first kappa shape index (κ1) is 12.7. The summed E-state index contributed by atoms with van der Waals surface area (Å²) in [7, 11) is -0.417. The molecule has 0 atom stereocenters. The second-order valence-corrected chi connectivity index (χ2v) is 3.87. The zero-order valence-electron chi connectivity index (χ0n) is 9.60. The van der Waals surface area contributed by atoms with Crippen molar-refractivity contribution in [1.82, 2.24) is 0 Å². The highest BCUT2D eigenvalue weighted by molar-refractivity contribution is 6.60. The summed E-state index contributed by atoms with van der Waals surface area (Å²) in [5.74, 6) is -0.317. The van der Waals surface area contributed by atoms with Crippen molar-refractivity contribution in [2.75, 3.05) is 7.11 Å². The number of hydrogen-bond donors (Lipinski definition) is 2. The maximum atomic E-state index is 11.4. The summed E-state index contributed by atoms with van der Waals surface area (Å²) in [6.45, 7) is 3.97. The molecule has 1 aromatic rings. The molecule has 5 heteroatoms. The Balaban J connectivity index is 3.25. The number of carbonyl (C=O) groups excluding carboxylic acids is 1. The molecule has 0 saturated heterocycles. The summed E-state index contributed by atoms with van der Waals surface area (Å²) in [6, 6.07) is 4.94. The normalized spacial score (nSPS) is 10.4. The van der Waals surface area contributed by atoms with E-state index in [1.807, 2.05) is 13.8 Å². The average molecular weight is 222 g/mol. The van der Waals surface area contributed by atoms with Gasteiger partial charge in [0.2, 0.25) is 0 Å². The number of carbonyl (C=O) groups is 1. The van der Waals surface area contributed by atoms with Crippen molar-refractivity contribution in [2.45, 2.75) is 19.8 Å². The fourth-order valence-corrected chi connectivity index (χ4v) is 1.45. The van der Waals surface area contributed by atoms with Crippen molar-refractivity contribution >= 4 is 18.6 Å². The maximum absolute atomic E-state index is 11.4. The molecule has 0 fully saturated rings. The summed E-state index contributed by atoms with van der Waals surface area (Å²) in [4.78, 5) is 11.4. The van der Waals surface area contributed by atoms with E-state index in [1.54, 1.807) is 18.2 Å². The van der Waals surface area contributed by atoms with Gasteiger partial charge in [-0.05, 0) is 23.0 Å². The SMILES string of the molecule is COC(=O)c1ccc(C(C)C)cc1B(O)O. The van der Waals surface area contributed by atoms with Crippen LogP contribution in [-0.2, 0) is 4.74 Å². The van der Waals surface area contributed by atoms with Crippen molar-refractivity contribution in [3.63, 3.8) is 0 Å². The first-order valence-electron chi connectivity index (χ1n) is 5.05. The van der Waals surface area contributed by atoms with E-state index in [1.165, 1.54) is 7.11 Å². The molecule has 0 spiro atoms. The van der Waals surface area contributed by atoms with Crippen LogP contribution in [0.4, 0.5) is 0 Å². The first-order valence-corrected chi connectivity index (χ1v) is 5.05. The minimum absolute atomic E-state index is 0.179. The van der Waals surface area contributed by atoms with E-state index < -0.39 is 13.1 Å². The van der Waals surface area contributed by atoms with Gasteiger partial charge < -0.3 is 14.8 Å². The topological polar surface area (TPSA) is 66.8 Å². The van der Waals surface area contributed by atoms with Crippen LogP contribution in [0.2, 0.25) is 0 Å². The molecule has 0 unspecified atom stereocenters. The van der Waals surface area contributed by atoms with Crippen molar-refractivity contribution in [1.29, 1.82) is 0 Å². The minimum Gasteiger partial charge on any atom is -0.465 e. The first-order chi connectivity index (χ1) is 7.47. The fourth-order valence-electron chi connectivity index (χ4n) is 1.45. The van der Waals surface area contributed by atoms with E-state index >= 15 is 0 Å². The molecule has 86 valence electrons. The average Bonchev–Trinajstić information content (AvgIpc) is 2.26. The Morgan fingerprint density at radius 1 is 1.38 bits per heavy atom. The molecule has 16 heavy (non-hydrogen) atoms. The Morgan fingerprint density at radius 3 is 2.44 bits per heavy atom. The summed E-state index contributed by atoms with van der Waals surface area (Å²) in [5, 5.41) is 18.4. The predicted molar refractivity (Wildman–Crippen MR) is 61.7 cm³/mol. The van der Waals surface area contributed by atoms with Gasteiger partial charge in [-0.15, -0.1) is 0 Å². The number of ether oxygens (including phenoxy) is 1. The number of benzene rings is 1. The molecule has 2 N–H and O–H groups in total. The number of methoxy groups -OCH3 is 1. The van der Waals surface area contributed by atoms with Gasteiger partial charge in [-0.3, -0.25) is 0 Å². The van der Waals surface area contributed by atoms with E-state index in [2.05, 4.69) is 4.74 Å². The van der Waals surface area contributed by atoms with Crippen LogP contribution in [0.1, 0.15) is 35.7 Å². The highest BCUT2D eigenvalue weighted by atomic mass is 16.5. The second kappa shape index (κ2) is 5.14. The molecule has 0 heterocycles. The molecule has 0 aliphatic rings. The van der Waals surface area contributed by atoms with Crippen molar-refractivity contribution in [3.05, 3.63) is 29.3 Å². The molecule has 1 rings (SSSR count). The van der Waals surface area contributed by atoms with E-state index in [0.29, 0.717) is 0 Å². The molecular weight excluding hydrogens is 207 g/mol. The van der Waals surface area contributed by atoms with Crippen molar-refractivity contribution in [2.24, 2.45) is 0 Å². The van der Waals surface area contributed by atoms with Crippen LogP contribution >= 0.6 is 0 Å². The fraction of sp³-hybridized carbons (Fsp3) is 0.364. The van der Waals surface area contributed by atoms with Crippen LogP contribution < -0.4 is 5.46 Å². The van der Waals surface area contributed by atoms with E-state index in [0.717, 1.165) is 5.56 Å². The standard InChI is InChI=1S/C11H15BO4/c1-7(2)8-4-5-9(11(13)16-3)10(6-8)12(14)15/h4-7,14-15H,1-3H3. The molecule has 0 aromatic heterocycles. The Kier molecular flexibility index (Phi) is 4.09. The van der Waals surface area contributed by atoms with Gasteiger partial charge in [0.15, 0.2) is 0 Å². The molecular formula is C11H15BO4. The Labute approximate surface area is 95.0 Å². The lowest BCUT2D eigenvalue weighted by Crippen LogP contribution is -2.35. The Bertz CT molecular complexity index is 388. The smallest absolute Gasteiger partial charge is 0.465 e. The van der Waals surface area contributed by atoms with Gasteiger partial charge in [-0.1, -0.05) is 26.0 Å². The monoisotopic (exact) mass is 222 g/mol. The molecule has 0 bridgehead atoms. The minimum atomic E-state index is -1.67. The summed E-state index contributed by atoms with van der Waals surface area (Å²) in [5.41, 5.74) is 1.30. The van der Waals surface area contributed by atoms with Gasteiger partial charge in [-0.25, -0.2) is 4.79 Å². The maximum Gasteiger partial charge on any atom is 0.489 e. The molecule has 0 radical (unpaired) electrons. The highest BCUT2D eigenvalue weighted by Crippen LogP contribution is 2.14. The van der Waals surface area contributed by atoms with Crippen LogP contribution in [0.3, 0.4) is 0 Å². The van der Waals surface area contributed by atoms with Gasteiger partial charge in [0.05, 0.1) is 12.7 Å². The van der Waals surface area contributed by atoms with Gasteiger partial charge in [0.25, 0.3) is 0 Å². The molecule has 4 nitrogen and oxygen atoms in total. The van der Waals surface area contributed by atoms with E-state index in [4.69, 9.17) is 0 Å². The third-order valence-corrected chi connectivity index (χ3v) is 2.43. The number of hydrogen-bond acceptors (Lipinski definition) is 4. The quantitative estimate of drug-likeness (QED) is 0.569. The van der Waals surface area contributed by atoms with Gasteiger partial charge in [-0.2, -0.15) is 0 Å². The van der Waals surface area contributed by atoms with Crippen molar-refractivity contribution < 1.29 is 19.6 Å². The predicted octanol–water partition coefficient (Wildman–Crippen LogP) is 0.276. The lowest BCUT2D eigenvalue weighted by atomic mass is 9.75. The highest BCUT2D eigenvalue weighted by Gasteiger charge is 2.21. The Morgan fingerprint density at radius 2 is 2.00 bits per heavy atom. The van der Waals surface area contributed by atoms with Crippen LogP contribution in [0.15, 0.2) is 18.2 Å². The summed E-state index contributed by atoms with van der Waals surface area (Å²) < 4.78 is 4.57. The van der Waals surface area contributed by atoms with Gasteiger partial charge in [0.1, 0.15) is 0 Å². The van der Waals surface area contributed by atoms with Crippen LogP contribution in [0.5, 0.6) is 0 Å². The van der Waals surface area contributed by atoms with Gasteiger partial charge >= 0.3 is 13.1 Å². The molecule has 0 saturated carbocycles. The van der Waals surface area contributed by atoms with E-state index in [9.17, 15) is 14.8 Å². The zero-order chi connectivity index (χ0) is 12.3. The molecule has 0 aliphatic heterocycles. The zero-order valence-corrected chi connectivity index (χ0v) is 9.60. The largest absolute Gasteiger partial charge is 0.489 e. The molecule has 0 aliphatic carbocycles.